The minimum Gasteiger partial charge on any atom is -0.491 e. The van der Waals surface area contributed by atoms with Crippen LogP contribution in [0.3, 0.4) is 0 Å². The smallest absolute Gasteiger partial charge is 0.352 e. The number of hydrogen-bond donors (Lipinski definition) is 1. The second-order valence-electron chi connectivity index (χ2n) is 4.77. The Morgan fingerprint density at radius 2 is 2.16 bits per heavy atom. The topological polar surface area (TPSA) is 77.8 Å². The third-order valence-electron chi connectivity index (χ3n) is 3.69. The first-order valence-electron chi connectivity index (χ1n) is 6.08. The monoisotopic (exact) mass is 267 g/mol. The molecule has 0 aliphatic heterocycles. The largest absolute Gasteiger partial charge is 0.491 e. The molecule has 6 heteroatoms. The molecule has 1 aromatic rings. The molecular formula is C13H17NO5. The Labute approximate surface area is 110 Å². The molecule has 0 atom stereocenters. The van der Waals surface area contributed by atoms with Crippen molar-refractivity contribution in [2.75, 3.05) is 14.2 Å². The van der Waals surface area contributed by atoms with Gasteiger partial charge in [0.2, 0.25) is 5.43 Å². The van der Waals surface area contributed by atoms with Crippen LogP contribution in [0.4, 0.5) is 0 Å². The van der Waals surface area contributed by atoms with E-state index in [9.17, 15) is 14.7 Å². The van der Waals surface area contributed by atoms with Crippen molar-refractivity contribution < 1.29 is 19.4 Å². The molecule has 2 rings (SSSR count). The van der Waals surface area contributed by atoms with E-state index in [2.05, 4.69) is 0 Å². The van der Waals surface area contributed by atoms with Crippen LogP contribution in [0, 0.1) is 0 Å². The maximum atomic E-state index is 11.6. The molecule has 0 bridgehead atoms. The average Bonchev–Trinajstić information content (AvgIpc) is 2.34. The van der Waals surface area contributed by atoms with Gasteiger partial charge in [0.1, 0.15) is 5.69 Å². The van der Waals surface area contributed by atoms with E-state index in [1.807, 2.05) is 0 Å². The lowest BCUT2D eigenvalue weighted by Gasteiger charge is -2.41. The minimum absolute atomic E-state index is 0.0471. The lowest BCUT2D eigenvalue weighted by molar-refractivity contribution is -0.0839. The number of ether oxygens (including phenoxy) is 2. The molecule has 0 radical (unpaired) electrons. The van der Waals surface area contributed by atoms with Gasteiger partial charge in [0, 0.05) is 13.2 Å². The Bertz CT molecular complexity index is 539. The van der Waals surface area contributed by atoms with Crippen molar-refractivity contribution in [1.29, 1.82) is 0 Å². The Morgan fingerprint density at radius 1 is 1.47 bits per heavy atom. The van der Waals surface area contributed by atoms with Crippen molar-refractivity contribution in [3.63, 3.8) is 0 Å². The fourth-order valence-electron chi connectivity index (χ4n) is 2.33. The molecule has 6 nitrogen and oxygen atoms in total. The number of nitrogens with zero attached hydrogens (tertiary/aromatic N) is 1. The molecule has 1 aliphatic rings. The molecule has 0 saturated heterocycles. The van der Waals surface area contributed by atoms with Gasteiger partial charge in [-0.2, -0.15) is 0 Å². The second kappa shape index (κ2) is 5.05. The van der Waals surface area contributed by atoms with Crippen LogP contribution in [0.2, 0.25) is 0 Å². The molecule has 1 fully saturated rings. The van der Waals surface area contributed by atoms with Crippen molar-refractivity contribution in [1.82, 2.24) is 4.57 Å². The van der Waals surface area contributed by atoms with Gasteiger partial charge < -0.3 is 19.1 Å². The molecule has 1 N–H and O–H groups in total. The number of aromatic carboxylic acids is 1. The second-order valence-corrected chi connectivity index (χ2v) is 4.77. The summed E-state index contributed by atoms with van der Waals surface area (Å²) in [6.07, 6.45) is 4.27. The summed E-state index contributed by atoms with van der Waals surface area (Å²) in [6.45, 7) is 0.405. The number of hydrogen-bond acceptors (Lipinski definition) is 4. The maximum Gasteiger partial charge on any atom is 0.352 e. The Balaban J connectivity index is 2.42. The van der Waals surface area contributed by atoms with E-state index < -0.39 is 11.4 Å². The summed E-state index contributed by atoms with van der Waals surface area (Å²) in [5.41, 5.74) is -0.810. The van der Waals surface area contributed by atoms with Gasteiger partial charge in [0.05, 0.1) is 25.5 Å². The molecule has 1 aliphatic carbocycles. The molecule has 104 valence electrons. The highest BCUT2D eigenvalue weighted by Crippen LogP contribution is 2.36. The van der Waals surface area contributed by atoms with Crippen LogP contribution in [0.5, 0.6) is 5.75 Å². The Kier molecular flexibility index (Phi) is 3.61. The normalized spacial score (nSPS) is 16.7. The van der Waals surface area contributed by atoms with E-state index >= 15 is 0 Å². The third kappa shape index (κ3) is 2.49. The van der Waals surface area contributed by atoms with Gasteiger partial charge in [-0.25, -0.2) is 4.79 Å². The van der Waals surface area contributed by atoms with Crippen molar-refractivity contribution >= 4 is 5.97 Å². The highest BCUT2D eigenvalue weighted by Gasteiger charge is 2.38. The summed E-state index contributed by atoms with van der Waals surface area (Å²) in [5.74, 6) is -0.999. The van der Waals surface area contributed by atoms with E-state index in [0.29, 0.717) is 6.54 Å². The van der Waals surface area contributed by atoms with E-state index in [1.54, 1.807) is 7.11 Å². The Morgan fingerprint density at radius 3 is 2.58 bits per heavy atom. The molecule has 1 heterocycles. The van der Waals surface area contributed by atoms with E-state index in [0.717, 1.165) is 25.3 Å². The lowest BCUT2D eigenvalue weighted by Crippen LogP contribution is -2.44. The molecule has 0 aromatic carbocycles. The number of carbonyl (C=O) groups is 1. The zero-order valence-electron chi connectivity index (χ0n) is 11.0. The molecule has 0 amide bonds. The summed E-state index contributed by atoms with van der Waals surface area (Å²) in [5, 5.41) is 9.17. The zero-order chi connectivity index (χ0) is 14.0. The van der Waals surface area contributed by atoms with Crippen LogP contribution < -0.4 is 10.2 Å². The number of pyridine rings is 1. The molecule has 0 spiro atoms. The van der Waals surface area contributed by atoms with Crippen molar-refractivity contribution in [3.05, 3.63) is 28.2 Å². The van der Waals surface area contributed by atoms with Crippen molar-refractivity contribution in [3.8, 4) is 5.75 Å². The number of methoxy groups -OCH3 is 2. The predicted octanol–water partition coefficient (Wildman–Crippen LogP) is 1.12. The summed E-state index contributed by atoms with van der Waals surface area (Å²) in [7, 11) is 3.01. The third-order valence-corrected chi connectivity index (χ3v) is 3.69. The highest BCUT2D eigenvalue weighted by atomic mass is 16.5. The number of rotatable bonds is 5. The van der Waals surface area contributed by atoms with Gasteiger partial charge in [0.15, 0.2) is 5.75 Å². The standard InChI is InChI=1S/C13H17NO5/c1-18-11-7-14(8-13(19-2)4-3-5-13)9(12(16)17)6-10(11)15/h6-7H,3-5,8H2,1-2H3,(H,16,17). The summed E-state index contributed by atoms with van der Waals surface area (Å²) in [6, 6.07) is 1.09. The lowest BCUT2D eigenvalue weighted by atomic mass is 9.80. The van der Waals surface area contributed by atoms with Gasteiger partial charge in [-0.1, -0.05) is 0 Å². The van der Waals surface area contributed by atoms with Crippen LogP contribution in [0.25, 0.3) is 0 Å². The van der Waals surface area contributed by atoms with Gasteiger partial charge in [-0.05, 0) is 19.3 Å². The van der Waals surface area contributed by atoms with E-state index in [1.165, 1.54) is 17.9 Å². The van der Waals surface area contributed by atoms with Crippen LogP contribution in [-0.4, -0.2) is 35.5 Å². The summed E-state index contributed by atoms with van der Waals surface area (Å²) >= 11 is 0. The van der Waals surface area contributed by atoms with Crippen LogP contribution in [0.1, 0.15) is 29.8 Å². The maximum absolute atomic E-state index is 11.6. The highest BCUT2D eigenvalue weighted by molar-refractivity contribution is 5.85. The van der Waals surface area contributed by atoms with E-state index in [4.69, 9.17) is 9.47 Å². The van der Waals surface area contributed by atoms with Gasteiger partial charge in [-0.3, -0.25) is 4.79 Å². The molecule has 0 unspecified atom stereocenters. The molecule has 19 heavy (non-hydrogen) atoms. The van der Waals surface area contributed by atoms with Crippen LogP contribution in [-0.2, 0) is 11.3 Å². The Hall–Kier alpha value is -1.82. The first-order valence-corrected chi connectivity index (χ1v) is 6.08. The van der Waals surface area contributed by atoms with Crippen LogP contribution >= 0.6 is 0 Å². The predicted molar refractivity (Wildman–Crippen MR) is 67.8 cm³/mol. The van der Waals surface area contributed by atoms with Crippen LogP contribution in [0.15, 0.2) is 17.1 Å². The van der Waals surface area contributed by atoms with Gasteiger partial charge in [0.25, 0.3) is 0 Å². The summed E-state index contributed by atoms with van der Waals surface area (Å²) in [4.78, 5) is 22.8. The fourth-order valence-corrected chi connectivity index (χ4v) is 2.33. The van der Waals surface area contributed by atoms with Crippen molar-refractivity contribution in [2.45, 2.75) is 31.4 Å². The average molecular weight is 267 g/mol. The number of aromatic nitrogens is 1. The first kappa shape index (κ1) is 13.6. The molecule has 1 aromatic heterocycles. The van der Waals surface area contributed by atoms with Gasteiger partial charge in [-0.15, -0.1) is 0 Å². The molecule has 1 saturated carbocycles. The fraction of sp³-hybridized carbons (Fsp3) is 0.538. The number of carboxylic acids is 1. The summed E-state index contributed by atoms with van der Waals surface area (Å²) < 4.78 is 12.0. The van der Waals surface area contributed by atoms with E-state index in [-0.39, 0.29) is 17.0 Å². The number of carboxylic acid groups (broad SMARTS) is 1. The minimum atomic E-state index is -1.13. The SMILES string of the molecule is COc1cn(CC2(OC)CCC2)c(C(=O)O)cc1=O. The zero-order valence-corrected chi connectivity index (χ0v) is 11.0. The first-order chi connectivity index (χ1) is 9.01. The van der Waals surface area contributed by atoms with Gasteiger partial charge >= 0.3 is 5.97 Å². The van der Waals surface area contributed by atoms with Crippen molar-refractivity contribution in [2.24, 2.45) is 0 Å². The molecular weight excluding hydrogens is 250 g/mol. The quantitative estimate of drug-likeness (QED) is 0.865.